The van der Waals surface area contributed by atoms with Crippen molar-refractivity contribution < 1.29 is 47.8 Å². The number of nitrogens with one attached hydrogen (secondary N) is 3. The van der Waals surface area contributed by atoms with Crippen LogP contribution in [0.1, 0.15) is 153 Å². The van der Waals surface area contributed by atoms with E-state index in [1.807, 2.05) is 72.5 Å². The van der Waals surface area contributed by atoms with Crippen molar-refractivity contribution in [3.05, 3.63) is 51.5 Å². The number of benzene rings is 1. The Bertz CT molecular complexity index is 2150. The summed E-state index contributed by atoms with van der Waals surface area (Å²) in [5.74, 6) is -3.12. The number of urea groups is 1. The van der Waals surface area contributed by atoms with Crippen LogP contribution in [-0.2, 0) is 51.1 Å². The van der Waals surface area contributed by atoms with Gasteiger partial charge in [0.25, 0.3) is 5.91 Å². The van der Waals surface area contributed by atoms with Gasteiger partial charge in [0, 0.05) is 62.7 Å². The van der Waals surface area contributed by atoms with Crippen molar-refractivity contribution in [1.29, 1.82) is 0 Å². The smallest absolute Gasteiger partial charge is 0.312 e. The van der Waals surface area contributed by atoms with E-state index in [0.29, 0.717) is 35.9 Å². The number of piperidine rings is 1. The van der Waals surface area contributed by atoms with Gasteiger partial charge in [0.05, 0.1) is 31.2 Å². The Balaban J connectivity index is 1.84. The molecule has 1 aromatic carbocycles. The molecule has 408 valence electrons. The summed E-state index contributed by atoms with van der Waals surface area (Å²) >= 11 is 1.17. The number of aromatic nitrogens is 1. The fraction of sp³-hybridized carbons (Fsp3) is 0.685. The number of carbonyl (C=O) groups excluding carboxylic acids is 8. The van der Waals surface area contributed by atoms with Gasteiger partial charge in [-0.25, -0.2) is 9.78 Å². The normalized spacial score (nSPS) is 18.3. The van der Waals surface area contributed by atoms with Crippen LogP contribution in [0.2, 0.25) is 0 Å². The predicted octanol–water partition coefficient (Wildman–Crippen LogP) is 5.93. The molecule has 1 fully saturated rings. The van der Waals surface area contributed by atoms with Gasteiger partial charge in [0.15, 0.2) is 17.7 Å². The average molecular weight is 1040 g/mol. The summed E-state index contributed by atoms with van der Waals surface area (Å²) < 4.78 is 10.9. The van der Waals surface area contributed by atoms with E-state index in [0.717, 1.165) is 31.4 Å². The maximum atomic E-state index is 14.7. The third kappa shape index (κ3) is 19.5. The fourth-order valence-corrected chi connectivity index (χ4v) is 10.3. The first-order valence-corrected chi connectivity index (χ1v) is 27.0. The molecule has 2 aromatic rings. The number of thiazole rings is 1. The van der Waals surface area contributed by atoms with E-state index in [4.69, 9.17) is 25.9 Å². The average Bonchev–Trinajstić information content (AvgIpc) is 3.84. The summed E-state index contributed by atoms with van der Waals surface area (Å²) in [6.07, 6.45) is 3.21. The maximum Gasteiger partial charge on any atom is 0.312 e. The fourth-order valence-electron chi connectivity index (χ4n) is 9.47. The van der Waals surface area contributed by atoms with Gasteiger partial charge < -0.3 is 41.8 Å². The molecule has 19 heteroatoms. The zero-order chi connectivity index (χ0) is 54.7. The lowest BCUT2D eigenvalue weighted by molar-refractivity contribution is -0.150. The largest absolute Gasteiger partial charge is 0.469 e. The summed E-state index contributed by atoms with van der Waals surface area (Å²) in [5, 5.41) is 10.3. The van der Waals surface area contributed by atoms with Gasteiger partial charge in [-0.1, -0.05) is 86.1 Å². The molecule has 0 spiro atoms. The van der Waals surface area contributed by atoms with E-state index in [2.05, 4.69) is 27.8 Å². The molecule has 18 nitrogen and oxygen atoms in total. The van der Waals surface area contributed by atoms with Gasteiger partial charge in [-0.3, -0.25) is 38.5 Å². The predicted molar refractivity (Wildman–Crippen MR) is 282 cm³/mol. The van der Waals surface area contributed by atoms with Crippen LogP contribution in [0.5, 0.6) is 0 Å². The van der Waals surface area contributed by atoms with Crippen LogP contribution in [0.3, 0.4) is 0 Å². The third-order valence-electron chi connectivity index (χ3n) is 14.3. The van der Waals surface area contributed by atoms with Gasteiger partial charge in [0.2, 0.25) is 11.8 Å². The number of methoxy groups -OCH3 is 1. The van der Waals surface area contributed by atoms with E-state index in [1.54, 1.807) is 24.4 Å². The number of likely N-dealkylation sites (tertiary alicyclic amines) is 1. The molecule has 1 aliphatic heterocycles. The van der Waals surface area contributed by atoms with E-state index < -0.39 is 71.9 Å². The lowest BCUT2D eigenvalue weighted by Crippen LogP contribution is -2.50. The van der Waals surface area contributed by atoms with Crippen LogP contribution in [0.25, 0.3) is 0 Å². The number of rotatable bonds is 30. The summed E-state index contributed by atoms with van der Waals surface area (Å²) in [7, 11) is 3.28. The van der Waals surface area contributed by atoms with Crippen molar-refractivity contribution in [2.45, 2.75) is 170 Å². The molecule has 1 aromatic heterocycles. The summed E-state index contributed by atoms with van der Waals surface area (Å²) in [5.41, 5.74) is 12.8. The van der Waals surface area contributed by atoms with E-state index in [9.17, 15) is 38.4 Å². The molecule has 1 aliphatic rings. The summed E-state index contributed by atoms with van der Waals surface area (Å²) in [4.78, 5) is 114. The Morgan fingerprint density at radius 1 is 0.945 bits per heavy atom. The number of hydrogen-bond acceptors (Lipinski definition) is 14. The highest BCUT2D eigenvalue weighted by Gasteiger charge is 2.39. The van der Waals surface area contributed by atoms with Crippen molar-refractivity contribution in [1.82, 2.24) is 30.7 Å². The molecule has 3 rings (SSSR count). The molecule has 5 amide bonds. The zero-order valence-electron chi connectivity index (χ0n) is 45.5. The zero-order valence-corrected chi connectivity index (χ0v) is 46.3. The highest BCUT2D eigenvalue weighted by atomic mass is 32.1. The highest BCUT2D eigenvalue weighted by Crippen LogP contribution is 2.34. The molecule has 0 radical (unpaired) electrons. The van der Waals surface area contributed by atoms with E-state index in [-0.39, 0.29) is 85.6 Å². The van der Waals surface area contributed by atoms with Crippen LogP contribution in [0.4, 0.5) is 4.79 Å². The monoisotopic (exact) mass is 1040 g/mol. The third-order valence-corrected chi connectivity index (χ3v) is 15.3. The SMILES string of the molecule is CC[C@H](C)[C@H](CC(=O)[C@H]1C[C@H](C)CCN1C)C(=O)N(CC)[C@H](C[C@@H](OC(C)=O)c1nc(C(=O)N[C@@H](Cc2ccc(CC(=O)[C@H](CCCNC(N)=O)NC(=O)[C@@H](N)C(C)C)cc2)C[C@H](C)C(=O)OC)cs1)C(C)C. The van der Waals surface area contributed by atoms with Crippen molar-refractivity contribution in [2.75, 3.05) is 33.8 Å². The van der Waals surface area contributed by atoms with Crippen LogP contribution in [0.15, 0.2) is 29.6 Å². The lowest BCUT2D eigenvalue weighted by atomic mass is 9.81. The number of primary amides is 1. The molecule has 0 aliphatic carbocycles. The van der Waals surface area contributed by atoms with Gasteiger partial charge >= 0.3 is 18.0 Å². The second-order valence-electron chi connectivity index (χ2n) is 20.9. The first kappa shape index (κ1) is 62.0. The van der Waals surface area contributed by atoms with Gasteiger partial charge in [-0.15, -0.1) is 11.3 Å². The Kier molecular flexibility index (Phi) is 25.6. The quantitative estimate of drug-likeness (QED) is 0.0449. The minimum absolute atomic E-state index is 0.00748. The summed E-state index contributed by atoms with van der Waals surface area (Å²) in [6, 6.07) is 3.73. The standard InChI is InChI=1S/C54H86N8O10S/c1-13-34(8)40(28-46(65)44-24-33(7)21-23-61(44)11)52(68)62(14-2)43(31(3)4)29-47(72-36(10)63)51-60-42(30-73-51)49(66)58-39(25-35(9)53(69)71-12)26-37-17-19-38(20-18-37)27-45(64)41(16-15-22-57-54(56)70)59-50(67)48(55)32(5)6/h17-20,30-35,39-41,43-44,47-48H,13-16,21-29,55H2,1-12H3,(H,58,66)(H,59,67)(H3,56,57,70)/t33-,34+,35+,39-,40+,41+,43-,44-,47-,48+/m1/s1. The second-order valence-corrected chi connectivity index (χ2v) is 21.8. The van der Waals surface area contributed by atoms with Crippen LogP contribution in [-0.4, -0.2) is 126 Å². The van der Waals surface area contributed by atoms with Crippen molar-refractivity contribution in [3.63, 3.8) is 0 Å². The Morgan fingerprint density at radius 2 is 1.60 bits per heavy atom. The minimum Gasteiger partial charge on any atom is -0.469 e. The number of amides is 5. The van der Waals surface area contributed by atoms with Crippen molar-refractivity contribution >= 4 is 58.6 Å². The molecule has 2 heterocycles. The topological polar surface area (TPSA) is 263 Å². The number of nitrogens with two attached hydrogens (primary N) is 2. The van der Waals surface area contributed by atoms with Crippen molar-refractivity contribution in [2.24, 2.45) is 47.0 Å². The number of ether oxygens (including phenoxy) is 2. The van der Waals surface area contributed by atoms with Gasteiger partial charge in [-0.05, 0) is 93.8 Å². The number of nitrogens with zero attached hydrogens (tertiary/aromatic N) is 3. The van der Waals surface area contributed by atoms with Gasteiger partial charge in [0.1, 0.15) is 10.7 Å². The summed E-state index contributed by atoms with van der Waals surface area (Å²) in [6.45, 7) is 20.3. The molecule has 0 unspecified atom stereocenters. The first-order chi connectivity index (χ1) is 34.4. The number of Topliss-reactive ketones (excluding diaryl/α,β-unsaturated/α-hetero) is 2. The molecule has 10 atom stereocenters. The first-order valence-electron chi connectivity index (χ1n) is 26.1. The van der Waals surface area contributed by atoms with Crippen LogP contribution < -0.4 is 27.4 Å². The Hall–Kier alpha value is -5.27. The Morgan fingerprint density at radius 3 is 2.18 bits per heavy atom. The molecular formula is C54H86N8O10S. The van der Waals surface area contributed by atoms with E-state index >= 15 is 0 Å². The lowest BCUT2D eigenvalue weighted by Gasteiger charge is -2.39. The molecule has 73 heavy (non-hydrogen) atoms. The van der Waals surface area contributed by atoms with Crippen molar-refractivity contribution in [3.8, 4) is 0 Å². The second kappa shape index (κ2) is 30.2. The minimum atomic E-state index is -0.886. The number of carbonyl (C=O) groups is 8. The molecule has 0 saturated carbocycles. The number of ketones is 2. The number of esters is 2. The molecule has 7 N–H and O–H groups in total. The number of likely N-dealkylation sites (N-methyl/N-ethyl adjacent to an activating group) is 1. The van der Waals surface area contributed by atoms with Crippen LogP contribution in [0, 0.1) is 35.5 Å². The number of hydrogen-bond donors (Lipinski definition) is 5. The molecular weight excluding hydrogens is 953 g/mol. The van der Waals surface area contributed by atoms with Gasteiger partial charge in [-0.2, -0.15) is 0 Å². The maximum absolute atomic E-state index is 14.7. The highest BCUT2D eigenvalue weighted by molar-refractivity contribution is 7.09. The molecule has 1 saturated heterocycles. The van der Waals surface area contributed by atoms with E-state index in [1.165, 1.54) is 25.4 Å². The van der Waals surface area contributed by atoms with Crippen LogP contribution >= 0.6 is 11.3 Å². The Labute approximate surface area is 437 Å². The molecule has 0 bridgehead atoms.